The van der Waals surface area contributed by atoms with Gasteiger partial charge in [0, 0.05) is 31.8 Å². The molecule has 37 heavy (non-hydrogen) atoms. The first-order chi connectivity index (χ1) is 17.7. The molecule has 3 aromatic rings. The highest BCUT2D eigenvalue weighted by atomic mass is 32.2. The minimum absolute atomic E-state index is 0.141. The topological polar surface area (TPSA) is 99.4 Å². The third-order valence-corrected chi connectivity index (χ3v) is 8.84. The van der Waals surface area contributed by atoms with Crippen molar-refractivity contribution in [2.75, 3.05) is 32.9 Å². The van der Waals surface area contributed by atoms with Crippen molar-refractivity contribution in [3.05, 3.63) is 52.8 Å². The number of carbonyl (C=O) groups excluding carboxylic acids is 1. The lowest BCUT2D eigenvalue weighted by molar-refractivity contribution is -0.0440. The van der Waals surface area contributed by atoms with E-state index in [1.165, 1.54) is 39.9 Å². The number of morpholine rings is 1. The summed E-state index contributed by atoms with van der Waals surface area (Å²) in [6.07, 6.45) is -0.364. The molecule has 0 radical (unpaired) electrons. The van der Waals surface area contributed by atoms with Gasteiger partial charge < -0.3 is 18.8 Å². The highest BCUT2D eigenvalue weighted by Crippen LogP contribution is 2.24. The number of benzene rings is 2. The molecule has 2 aromatic carbocycles. The molecule has 1 aliphatic heterocycles. The summed E-state index contributed by atoms with van der Waals surface area (Å²) >= 11 is 1.40. The molecule has 1 amide bonds. The Morgan fingerprint density at radius 1 is 1.08 bits per heavy atom. The van der Waals surface area contributed by atoms with Crippen LogP contribution in [0.15, 0.2) is 52.4 Å². The van der Waals surface area contributed by atoms with E-state index in [0.29, 0.717) is 49.8 Å². The molecule has 9 nitrogen and oxygen atoms in total. The average molecular weight is 548 g/mol. The van der Waals surface area contributed by atoms with E-state index in [2.05, 4.69) is 4.99 Å². The maximum absolute atomic E-state index is 13.1. The number of rotatable bonds is 9. The Labute approximate surface area is 221 Å². The van der Waals surface area contributed by atoms with Crippen molar-refractivity contribution >= 4 is 37.5 Å². The van der Waals surface area contributed by atoms with Gasteiger partial charge in [-0.2, -0.15) is 9.30 Å². The zero-order valence-corrected chi connectivity index (χ0v) is 23.2. The smallest absolute Gasteiger partial charge is 0.279 e. The van der Waals surface area contributed by atoms with Crippen LogP contribution in [0.25, 0.3) is 10.2 Å². The fraction of sp³-hybridized carbons (Fsp3) is 0.462. The van der Waals surface area contributed by atoms with Crippen LogP contribution in [0.3, 0.4) is 0 Å². The molecular weight excluding hydrogens is 514 g/mol. The van der Waals surface area contributed by atoms with E-state index >= 15 is 0 Å². The fourth-order valence-corrected chi connectivity index (χ4v) is 6.98. The summed E-state index contributed by atoms with van der Waals surface area (Å²) in [6, 6.07) is 11.7. The summed E-state index contributed by atoms with van der Waals surface area (Å²) in [5, 5.41) is 0. The van der Waals surface area contributed by atoms with Crippen LogP contribution in [-0.2, 0) is 26.0 Å². The second-order valence-electron chi connectivity index (χ2n) is 8.82. The number of thiazole rings is 1. The minimum atomic E-state index is -3.69. The number of aromatic nitrogens is 1. The Morgan fingerprint density at radius 2 is 1.78 bits per heavy atom. The van der Waals surface area contributed by atoms with Crippen molar-refractivity contribution in [2.24, 2.45) is 4.99 Å². The quantitative estimate of drug-likeness (QED) is 0.379. The van der Waals surface area contributed by atoms with E-state index in [9.17, 15) is 13.2 Å². The number of hydrogen-bond acceptors (Lipinski definition) is 7. The Bertz CT molecular complexity index is 1400. The second-order valence-corrected chi connectivity index (χ2v) is 11.8. The summed E-state index contributed by atoms with van der Waals surface area (Å²) in [5.41, 5.74) is 1.25. The summed E-state index contributed by atoms with van der Waals surface area (Å²) in [5.74, 6) is 0.311. The molecule has 1 fully saturated rings. The number of amides is 1. The molecule has 2 atom stereocenters. The van der Waals surface area contributed by atoms with E-state index in [4.69, 9.17) is 14.2 Å². The van der Waals surface area contributed by atoms with E-state index in [1.807, 2.05) is 50.5 Å². The molecule has 0 aliphatic carbocycles. The second kappa shape index (κ2) is 11.9. The fourth-order valence-electron chi connectivity index (χ4n) is 4.31. The first-order valence-corrected chi connectivity index (χ1v) is 14.7. The number of sulfonamides is 1. The van der Waals surface area contributed by atoms with Crippen LogP contribution < -0.4 is 9.54 Å². The summed E-state index contributed by atoms with van der Waals surface area (Å²) in [4.78, 5) is 18.2. The molecule has 4 rings (SSSR count). The van der Waals surface area contributed by atoms with Gasteiger partial charge in [0.15, 0.2) is 4.80 Å². The summed E-state index contributed by atoms with van der Waals surface area (Å²) < 4.78 is 47.4. The van der Waals surface area contributed by atoms with Gasteiger partial charge in [-0.05, 0) is 70.2 Å². The van der Waals surface area contributed by atoms with E-state index in [0.717, 1.165) is 16.0 Å². The van der Waals surface area contributed by atoms with Gasteiger partial charge in [0.1, 0.15) is 5.75 Å². The lowest BCUT2D eigenvalue weighted by Crippen LogP contribution is -2.48. The van der Waals surface area contributed by atoms with E-state index < -0.39 is 15.9 Å². The van der Waals surface area contributed by atoms with Crippen LogP contribution >= 0.6 is 11.3 Å². The Kier molecular flexibility index (Phi) is 8.81. The molecular formula is C26H33N3O6S2. The van der Waals surface area contributed by atoms with E-state index in [1.54, 1.807) is 0 Å². The highest BCUT2D eigenvalue weighted by molar-refractivity contribution is 7.89. The molecule has 2 heterocycles. The number of ether oxygens (including phenoxy) is 3. The number of carbonyl (C=O) groups is 1. The van der Waals surface area contributed by atoms with Crippen LogP contribution in [0.1, 0.15) is 38.1 Å². The number of fused-ring (bicyclic) bond motifs is 1. The normalized spacial score (nSPS) is 19.4. The third kappa shape index (κ3) is 6.29. The van der Waals surface area contributed by atoms with Gasteiger partial charge in [0.25, 0.3) is 5.91 Å². The number of nitrogens with zero attached hydrogens (tertiary/aromatic N) is 3. The van der Waals surface area contributed by atoms with Crippen LogP contribution in [0.5, 0.6) is 5.75 Å². The van der Waals surface area contributed by atoms with Crippen LogP contribution in [0.4, 0.5) is 0 Å². The van der Waals surface area contributed by atoms with Gasteiger partial charge in [0.2, 0.25) is 10.0 Å². The Balaban J connectivity index is 1.62. The van der Waals surface area contributed by atoms with Gasteiger partial charge in [-0.25, -0.2) is 8.42 Å². The van der Waals surface area contributed by atoms with Crippen molar-refractivity contribution in [3.63, 3.8) is 0 Å². The SMILES string of the molecule is CCOCCn1c(=NC(=O)c2ccc(S(=O)(=O)N3C[C@@H](C)O[C@H](C)C3)cc2)sc2cc(OCC)ccc21. The molecule has 1 aliphatic rings. The van der Waals surface area contributed by atoms with Crippen molar-refractivity contribution in [1.82, 2.24) is 8.87 Å². The monoisotopic (exact) mass is 547 g/mol. The molecule has 200 valence electrons. The van der Waals surface area contributed by atoms with E-state index in [-0.39, 0.29) is 17.1 Å². The van der Waals surface area contributed by atoms with Crippen molar-refractivity contribution in [2.45, 2.75) is 51.3 Å². The highest BCUT2D eigenvalue weighted by Gasteiger charge is 2.32. The number of hydrogen-bond donors (Lipinski definition) is 0. The van der Waals surface area contributed by atoms with Crippen LogP contribution in [-0.4, -0.2) is 68.3 Å². The zero-order valence-electron chi connectivity index (χ0n) is 21.5. The minimum Gasteiger partial charge on any atom is -0.494 e. The average Bonchev–Trinajstić information content (AvgIpc) is 3.20. The van der Waals surface area contributed by atoms with Gasteiger partial charge in [-0.15, -0.1) is 0 Å². The Morgan fingerprint density at radius 3 is 2.43 bits per heavy atom. The first-order valence-electron chi connectivity index (χ1n) is 12.4. The van der Waals surface area contributed by atoms with Gasteiger partial charge >= 0.3 is 0 Å². The lowest BCUT2D eigenvalue weighted by Gasteiger charge is -2.34. The lowest BCUT2D eigenvalue weighted by atomic mass is 10.2. The van der Waals surface area contributed by atoms with Crippen molar-refractivity contribution < 1.29 is 27.4 Å². The molecule has 1 saturated heterocycles. The molecule has 0 N–H and O–H groups in total. The maximum Gasteiger partial charge on any atom is 0.279 e. The summed E-state index contributed by atoms with van der Waals surface area (Å²) in [6.45, 7) is 10.3. The van der Waals surface area contributed by atoms with Crippen molar-refractivity contribution in [1.29, 1.82) is 0 Å². The molecule has 0 saturated carbocycles. The third-order valence-electron chi connectivity index (χ3n) is 5.95. The van der Waals surface area contributed by atoms with Gasteiger partial charge in [-0.1, -0.05) is 11.3 Å². The zero-order chi connectivity index (χ0) is 26.6. The largest absolute Gasteiger partial charge is 0.494 e. The predicted molar refractivity (Wildman–Crippen MR) is 143 cm³/mol. The maximum atomic E-state index is 13.1. The predicted octanol–water partition coefficient (Wildman–Crippen LogP) is 3.68. The molecule has 11 heteroatoms. The molecule has 0 bridgehead atoms. The van der Waals surface area contributed by atoms with Crippen LogP contribution in [0, 0.1) is 0 Å². The summed E-state index contributed by atoms with van der Waals surface area (Å²) in [7, 11) is -3.69. The van der Waals surface area contributed by atoms with Gasteiger partial charge in [-0.3, -0.25) is 4.79 Å². The molecule has 0 spiro atoms. The van der Waals surface area contributed by atoms with Crippen LogP contribution in [0.2, 0.25) is 0 Å². The first kappa shape index (κ1) is 27.5. The van der Waals surface area contributed by atoms with Gasteiger partial charge in [0.05, 0.1) is 40.5 Å². The van der Waals surface area contributed by atoms with Crippen molar-refractivity contribution in [3.8, 4) is 5.75 Å². The molecule has 0 unspecified atom stereocenters. The Hall–Kier alpha value is -2.57. The standard InChI is InChI=1S/C26H33N3O6S2/c1-5-33-14-13-29-23-12-9-21(34-6-2)15-24(23)36-26(29)27-25(30)20-7-10-22(11-8-20)37(31,32)28-16-18(3)35-19(4)17-28/h7-12,15,18-19H,5-6,13-14,16-17H2,1-4H3/t18-,19-/m1/s1. The molecule has 1 aromatic heterocycles.